The van der Waals surface area contributed by atoms with E-state index in [1.165, 1.54) is 0 Å². The van der Waals surface area contributed by atoms with Crippen LogP contribution in [-0.2, 0) is 9.59 Å². The normalized spacial score (nSPS) is 30.1. The van der Waals surface area contributed by atoms with Crippen molar-refractivity contribution >= 4 is 17.6 Å². The SMILES string of the molecule is COc1ccccc1NC(=O)[C@H]1[C@H]2CC[C@@H](C2)[C@H]1C(=O)O. The van der Waals surface area contributed by atoms with Crippen molar-refractivity contribution in [2.75, 3.05) is 12.4 Å². The van der Waals surface area contributed by atoms with E-state index in [2.05, 4.69) is 5.32 Å². The summed E-state index contributed by atoms with van der Waals surface area (Å²) in [7, 11) is 1.54. The maximum atomic E-state index is 12.6. The van der Waals surface area contributed by atoms with Crippen LogP contribution >= 0.6 is 0 Å². The van der Waals surface area contributed by atoms with Crippen molar-refractivity contribution in [3.05, 3.63) is 24.3 Å². The minimum absolute atomic E-state index is 0.154. The standard InChI is InChI=1S/C16H19NO4/c1-21-12-5-3-2-4-11(12)17-15(18)13-9-6-7-10(8-9)14(13)16(19)20/h2-5,9-10,13-14H,6-8H2,1H3,(H,17,18)(H,19,20)/t9-,10-,13-,14+/m0/s1. The Morgan fingerprint density at radius 2 is 1.86 bits per heavy atom. The second-order valence-electron chi connectivity index (χ2n) is 5.91. The van der Waals surface area contributed by atoms with Gasteiger partial charge >= 0.3 is 5.97 Å². The Morgan fingerprint density at radius 3 is 2.52 bits per heavy atom. The minimum atomic E-state index is -0.845. The van der Waals surface area contributed by atoms with E-state index in [9.17, 15) is 14.7 Å². The number of carbonyl (C=O) groups is 2. The summed E-state index contributed by atoms with van der Waals surface area (Å²) in [6, 6.07) is 7.17. The van der Waals surface area contributed by atoms with Gasteiger partial charge in [-0.15, -0.1) is 0 Å². The lowest BCUT2D eigenvalue weighted by molar-refractivity contribution is -0.148. The molecular weight excluding hydrogens is 270 g/mol. The molecule has 3 rings (SSSR count). The van der Waals surface area contributed by atoms with E-state index < -0.39 is 17.8 Å². The molecule has 1 amide bonds. The highest BCUT2D eigenvalue weighted by molar-refractivity contribution is 5.97. The third-order valence-electron chi connectivity index (χ3n) is 4.87. The average molecular weight is 289 g/mol. The van der Waals surface area contributed by atoms with Crippen molar-refractivity contribution in [3.63, 3.8) is 0 Å². The van der Waals surface area contributed by atoms with Crippen molar-refractivity contribution < 1.29 is 19.4 Å². The van der Waals surface area contributed by atoms with Crippen LogP contribution in [0.5, 0.6) is 5.75 Å². The fraction of sp³-hybridized carbons (Fsp3) is 0.500. The molecule has 0 radical (unpaired) electrons. The van der Waals surface area contributed by atoms with Gasteiger partial charge in [0, 0.05) is 0 Å². The van der Waals surface area contributed by atoms with Gasteiger partial charge in [-0.1, -0.05) is 12.1 Å². The summed E-state index contributed by atoms with van der Waals surface area (Å²) in [5, 5.41) is 12.3. The molecule has 2 fully saturated rings. The summed E-state index contributed by atoms with van der Waals surface area (Å²) in [5.74, 6) is -1.07. The third-order valence-corrected chi connectivity index (χ3v) is 4.87. The van der Waals surface area contributed by atoms with E-state index in [1.807, 2.05) is 12.1 Å². The Labute approximate surface area is 123 Å². The summed E-state index contributed by atoms with van der Waals surface area (Å²) >= 11 is 0. The van der Waals surface area contributed by atoms with Crippen molar-refractivity contribution in [3.8, 4) is 5.75 Å². The average Bonchev–Trinajstić information content (AvgIpc) is 3.08. The van der Waals surface area contributed by atoms with Crippen LogP contribution in [0.1, 0.15) is 19.3 Å². The van der Waals surface area contributed by atoms with E-state index in [-0.39, 0.29) is 17.7 Å². The topological polar surface area (TPSA) is 75.6 Å². The maximum absolute atomic E-state index is 12.6. The number of carboxylic acid groups (broad SMARTS) is 1. The zero-order valence-electron chi connectivity index (χ0n) is 11.9. The number of hydrogen-bond donors (Lipinski definition) is 2. The number of rotatable bonds is 4. The van der Waals surface area contributed by atoms with Crippen LogP contribution in [0, 0.1) is 23.7 Å². The lowest BCUT2D eigenvalue weighted by atomic mass is 9.78. The first kappa shape index (κ1) is 13.9. The fourth-order valence-electron chi connectivity index (χ4n) is 3.99. The van der Waals surface area contributed by atoms with Crippen molar-refractivity contribution in [2.45, 2.75) is 19.3 Å². The van der Waals surface area contributed by atoms with E-state index >= 15 is 0 Å². The summed E-state index contributed by atoms with van der Waals surface area (Å²) < 4.78 is 5.21. The molecule has 0 aliphatic heterocycles. The molecule has 1 aromatic rings. The Hall–Kier alpha value is -2.04. The van der Waals surface area contributed by atoms with Gasteiger partial charge in [-0.3, -0.25) is 9.59 Å². The van der Waals surface area contributed by atoms with Crippen LogP contribution in [0.15, 0.2) is 24.3 Å². The summed E-state index contributed by atoms with van der Waals surface area (Å²) in [5.41, 5.74) is 0.594. The molecule has 2 saturated carbocycles. The van der Waals surface area contributed by atoms with Crippen molar-refractivity contribution in [1.29, 1.82) is 0 Å². The summed E-state index contributed by atoms with van der Waals surface area (Å²) in [6.45, 7) is 0. The zero-order valence-corrected chi connectivity index (χ0v) is 11.9. The number of para-hydroxylation sites is 2. The Balaban J connectivity index is 1.80. The molecule has 2 N–H and O–H groups in total. The Morgan fingerprint density at radius 1 is 1.19 bits per heavy atom. The minimum Gasteiger partial charge on any atom is -0.495 e. The monoisotopic (exact) mass is 289 g/mol. The summed E-state index contributed by atoms with van der Waals surface area (Å²) in [4.78, 5) is 24.0. The highest BCUT2D eigenvalue weighted by atomic mass is 16.5. The molecule has 0 unspecified atom stereocenters. The van der Waals surface area contributed by atoms with Gasteiger partial charge in [-0.25, -0.2) is 0 Å². The van der Waals surface area contributed by atoms with E-state index in [1.54, 1.807) is 19.2 Å². The second kappa shape index (κ2) is 5.39. The van der Waals surface area contributed by atoms with Crippen LogP contribution in [-0.4, -0.2) is 24.1 Å². The molecule has 2 aliphatic carbocycles. The molecule has 112 valence electrons. The van der Waals surface area contributed by atoms with Gasteiger partial charge in [0.1, 0.15) is 5.75 Å². The predicted octanol–water partition coefficient (Wildman–Crippen LogP) is 2.38. The molecule has 4 atom stereocenters. The van der Waals surface area contributed by atoms with Gasteiger partial charge in [0.2, 0.25) is 5.91 Å². The molecule has 5 nitrogen and oxygen atoms in total. The van der Waals surface area contributed by atoms with E-state index in [4.69, 9.17) is 4.74 Å². The van der Waals surface area contributed by atoms with Gasteiger partial charge in [-0.2, -0.15) is 0 Å². The van der Waals surface area contributed by atoms with Crippen LogP contribution in [0.3, 0.4) is 0 Å². The van der Waals surface area contributed by atoms with Gasteiger partial charge < -0.3 is 15.2 Å². The molecular formula is C16H19NO4. The quantitative estimate of drug-likeness (QED) is 0.892. The van der Waals surface area contributed by atoms with Crippen molar-refractivity contribution in [2.24, 2.45) is 23.7 Å². The fourth-order valence-corrected chi connectivity index (χ4v) is 3.99. The number of methoxy groups -OCH3 is 1. The van der Waals surface area contributed by atoms with E-state index in [0.29, 0.717) is 11.4 Å². The number of nitrogens with one attached hydrogen (secondary N) is 1. The van der Waals surface area contributed by atoms with Crippen LogP contribution in [0.25, 0.3) is 0 Å². The number of anilines is 1. The largest absolute Gasteiger partial charge is 0.495 e. The molecule has 0 aromatic heterocycles. The molecule has 2 aliphatic rings. The van der Waals surface area contributed by atoms with Crippen LogP contribution < -0.4 is 10.1 Å². The van der Waals surface area contributed by atoms with Crippen LogP contribution in [0.4, 0.5) is 5.69 Å². The zero-order chi connectivity index (χ0) is 15.0. The Bertz CT molecular complexity index is 571. The molecule has 0 heterocycles. The van der Waals surface area contributed by atoms with Gasteiger partial charge in [0.25, 0.3) is 0 Å². The smallest absolute Gasteiger partial charge is 0.307 e. The first-order valence-electron chi connectivity index (χ1n) is 7.28. The van der Waals surface area contributed by atoms with Crippen LogP contribution in [0.2, 0.25) is 0 Å². The summed E-state index contributed by atoms with van der Waals surface area (Å²) in [6.07, 6.45) is 2.75. The van der Waals surface area contributed by atoms with Gasteiger partial charge in [0.05, 0.1) is 24.6 Å². The molecule has 5 heteroatoms. The maximum Gasteiger partial charge on any atom is 0.307 e. The molecule has 2 bridgehead atoms. The number of hydrogen-bond acceptors (Lipinski definition) is 3. The Kier molecular flexibility index (Phi) is 3.57. The third kappa shape index (κ3) is 2.37. The first-order chi connectivity index (χ1) is 10.1. The molecule has 0 spiro atoms. The number of carbonyl (C=O) groups excluding carboxylic acids is 1. The number of amides is 1. The first-order valence-corrected chi connectivity index (χ1v) is 7.28. The lowest BCUT2D eigenvalue weighted by Crippen LogP contribution is -2.37. The highest BCUT2D eigenvalue weighted by Gasteiger charge is 2.54. The number of benzene rings is 1. The molecule has 21 heavy (non-hydrogen) atoms. The van der Waals surface area contributed by atoms with E-state index in [0.717, 1.165) is 19.3 Å². The molecule has 1 aromatic carbocycles. The number of fused-ring (bicyclic) bond motifs is 2. The highest BCUT2D eigenvalue weighted by Crippen LogP contribution is 2.52. The second-order valence-corrected chi connectivity index (χ2v) is 5.91. The number of aliphatic carboxylic acids is 1. The molecule has 0 saturated heterocycles. The van der Waals surface area contributed by atoms with Crippen molar-refractivity contribution in [1.82, 2.24) is 0 Å². The lowest BCUT2D eigenvalue weighted by Gasteiger charge is -2.27. The number of ether oxygens (including phenoxy) is 1. The van der Waals surface area contributed by atoms with Gasteiger partial charge in [-0.05, 0) is 43.2 Å². The van der Waals surface area contributed by atoms with Gasteiger partial charge in [0.15, 0.2) is 0 Å². The predicted molar refractivity (Wildman–Crippen MR) is 77.1 cm³/mol. The number of carboxylic acids is 1.